The Balaban J connectivity index is 2.41. The molecule has 0 unspecified atom stereocenters. The normalized spacial score (nSPS) is 12.2. The van der Waals surface area contributed by atoms with E-state index in [-0.39, 0.29) is 22.3 Å². The number of fused-ring (bicyclic) bond motifs is 3. The Morgan fingerprint density at radius 3 is 2.32 bits per heavy atom. The molecule has 0 amide bonds. The number of halogens is 2. The molecule has 1 aliphatic rings. The third kappa shape index (κ3) is 1.53. The largest absolute Gasteiger partial charge is 0.289 e. The fraction of sp³-hybridized carbons (Fsp3) is 0. The summed E-state index contributed by atoms with van der Waals surface area (Å²) in [6.07, 6.45) is 0. The molecule has 0 aliphatic heterocycles. The summed E-state index contributed by atoms with van der Waals surface area (Å²) in [5, 5.41) is 10.9. The molecule has 3 rings (SSSR count). The molecule has 4 nitrogen and oxygen atoms in total. The highest BCUT2D eigenvalue weighted by Crippen LogP contribution is 2.42. The van der Waals surface area contributed by atoms with Crippen molar-refractivity contribution in [3.05, 3.63) is 63.2 Å². The molecule has 6 heteroatoms. The lowest BCUT2D eigenvalue weighted by Gasteiger charge is -2.01. The van der Waals surface area contributed by atoms with Crippen LogP contribution in [0.5, 0.6) is 0 Å². The van der Waals surface area contributed by atoms with Crippen LogP contribution >= 0.6 is 0 Å². The van der Waals surface area contributed by atoms with Gasteiger partial charge in [-0.2, -0.15) is 0 Å². The summed E-state index contributed by atoms with van der Waals surface area (Å²) in [5.74, 6) is -2.10. The number of carbonyl (C=O) groups excluding carboxylic acids is 1. The molecule has 1 aliphatic carbocycles. The highest BCUT2D eigenvalue weighted by Gasteiger charge is 2.34. The summed E-state index contributed by atoms with van der Waals surface area (Å²) in [6.45, 7) is 0. The number of benzene rings is 2. The van der Waals surface area contributed by atoms with Crippen molar-refractivity contribution in [1.82, 2.24) is 0 Å². The standard InChI is InChI=1S/C13H5F2NO3/c14-6-1-2-8-9(3-6)13(17)10-4-7(15)5-11(12(8)10)16(18)19/h1-5H. The molecule has 0 spiro atoms. The Bertz CT molecular complexity index is 756. The van der Waals surface area contributed by atoms with Gasteiger partial charge in [-0.1, -0.05) is 6.07 Å². The summed E-state index contributed by atoms with van der Waals surface area (Å²) in [7, 11) is 0. The van der Waals surface area contributed by atoms with Gasteiger partial charge >= 0.3 is 0 Å². The second-order valence-electron chi connectivity index (χ2n) is 4.12. The molecule has 19 heavy (non-hydrogen) atoms. The van der Waals surface area contributed by atoms with E-state index in [2.05, 4.69) is 0 Å². The molecular formula is C13H5F2NO3. The molecule has 2 aromatic rings. The monoisotopic (exact) mass is 261 g/mol. The van der Waals surface area contributed by atoms with Gasteiger partial charge in [-0.3, -0.25) is 14.9 Å². The van der Waals surface area contributed by atoms with Gasteiger partial charge in [0, 0.05) is 16.7 Å². The van der Waals surface area contributed by atoms with Crippen LogP contribution in [0.3, 0.4) is 0 Å². The predicted octanol–water partition coefficient (Wildman–Crippen LogP) is 3.08. The summed E-state index contributed by atoms with van der Waals surface area (Å²) in [6, 6.07) is 5.08. The van der Waals surface area contributed by atoms with Crippen molar-refractivity contribution in [1.29, 1.82) is 0 Å². The van der Waals surface area contributed by atoms with Crippen LogP contribution in [0.4, 0.5) is 14.5 Å². The van der Waals surface area contributed by atoms with Crippen molar-refractivity contribution < 1.29 is 18.5 Å². The zero-order valence-electron chi connectivity index (χ0n) is 9.31. The van der Waals surface area contributed by atoms with Gasteiger partial charge in [0.1, 0.15) is 11.6 Å². The lowest BCUT2D eigenvalue weighted by Crippen LogP contribution is -1.98. The van der Waals surface area contributed by atoms with E-state index < -0.39 is 28.0 Å². The van der Waals surface area contributed by atoms with E-state index in [1.165, 1.54) is 6.07 Å². The molecule has 0 aromatic heterocycles. The Hall–Kier alpha value is -2.63. The maximum Gasteiger partial charge on any atom is 0.280 e. The molecule has 2 aromatic carbocycles. The molecule has 0 fully saturated rings. The number of nitro groups is 1. The fourth-order valence-electron chi connectivity index (χ4n) is 2.27. The number of nitrogens with zero attached hydrogens (tertiary/aromatic N) is 1. The van der Waals surface area contributed by atoms with Crippen LogP contribution in [0, 0.1) is 21.7 Å². The number of carbonyl (C=O) groups is 1. The molecule has 0 atom stereocenters. The first-order valence-electron chi connectivity index (χ1n) is 5.31. The Morgan fingerprint density at radius 1 is 0.947 bits per heavy atom. The van der Waals surface area contributed by atoms with Gasteiger partial charge in [-0.25, -0.2) is 8.78 Å². The smallest absolute Gasteiger partial charge is 0.280 e. The zero-order chi connectivity index (χ0) is 13.7. The minimum Gasteiger partial charge on any atom is -0.289 e. The predicted molar refractivity (Wildman–Crippen MR) is 61.9 cm³/mol. The topological polar surface area (TPSA) is 60.2 Å². The summed E-state index contributed by atoms with van der Waals surface area (Å²) in [5.41, 5.74) is -0.274. The van der Waals surface area contributed by atoms with E-state index in [9.17, 15) is 23.7 Å². The fourth-order valence-corrected chi connectivity index (χ4v) is 2.27. The van der Waals surface area contributed by atoms with Crippen LogP contribution in [-0.2, 0) is 0 Å². The number of rotatable bonds is 1. The third-order valence-electron chi connectivity index (χ3n) is 3.02. The van der Waals surface area contributed by atoms with Crippen molar-refractivity contribution in [2.45, 2.75) is 0 Å². The average Bonchev–Trinajstić information content (AvgIpc) is 2.62. The van der Waals surface area contributed by atoms with Gasteiger partial charge in [0.05, 0.1) is 16.6 Å². The quantitative estimate of drug-likeness (QED) is 0.499. The summed E-state index contributed by atoms with van der Waals surface area (Å²) >= 11 is 0. The van der Waals surface area contributed by atoms with Crippen molar-refractivity contribution >= 4 is 11.5 Å². The van der Waals surface area contributed by atoms with Crippen molar-refractivity contribution in [2.24, 2.45) is 0 Å². The molecule has 0 heterocycles. The van der Waals surface area contributed by atoms with Crippen LogP contribution in [0.15, 0.2) is 30.3 Å². The van der Waals surface area contributed by atoms with E-state index in [1.54, 1.807) is 0 Å². The van der Waals surface area contributed by atoms with E-state index >= 15 is 0 Å². The molecular weight excluding hydrogens is 256 g/mol. The number of hydrogen-bond donors (Lipinski definition) is 0. The van der Waals surface area contributed by atoms with E-state index in [0.717, 1.165) is 24.3 Å². The maximum absolute atomic E-state index is 13.3. The second-order valence-corrected chi connectivity index (χ2v) is 4.12. The Kier molecular flexibility index (Phi) is 2.22. The van der Waals surface area contributed by atoms with E-state index in [4.69, 9.17) is 0 Å². The van der Waals surface area contributed by atoms with Gasteiger partial charge in [-0.15, -0.1) is 0 Å². The Labute approximate surface area is 105 Å². The van der Waals surface area contributed by atoms with Crippen molar-refractivity contribution in [3.8, 4) is 11.1 Å². The van der Waals surface area contributed by atoms with Crippen LogP contribution < -0.4 is 0 Å². The van der Waals surface area contributed by atoms with Gasteiger partial charge in [0.2, 0.25) is 0 Å². The highest BCUT2D eigenvalue weighted by atomic mass is 19.1. The molecule has 0 saturated heterocycles. The van der Waals surface area contributed by atoms with Crippen molar-refractivity contribution in [2.75, 3.05) is 0 Å². The molecule has 0 radical (unpaired) electrons. The average molecular weight is 261 g/mol. The van der Waals surface area contributed by atoms with Gasteiger partial charge in [0.15, 0.2) is 5.78 Å². The van der Waals surface area contributed by atoms with Crippen LogP contribution in [0.25, 0.3) is 11.1 Å². The maximum atomic E-state index is 13.3. The first kappa shape index (κ1) is 11.5. The van der Waals surface area contributed by atoms with Crippen LogP contribution in [0.1, 0.15) is 15.9 Å². The molecule has 0 N–H and O–H groups in total. The van der Waals surface area contributed by atoms with Crippen LogP contribution in [0.2, 0.25) is 0 Å². The Morgan fingerprint density at radius 2 is 1.63 bits per heavy atom. The van der Waals surface area contributed by atoms with Gasteiger partial charge in [0.25, 0.3) is 5.69 Å². The minimum absolute atomic E-state index is 0.0173. The lowest BCUT2D eigenvalue weighted by molar-refractivity contribution is -0.384. The minimum atomic E-state index is -0.868. The van der Waals surface area contributed by atoms with Crippen molar-refractivity contribution in [3.63, 3.8) is 0 Å². The third-order valence-corrected chi connectivity index (χ3v) is 3.02. The first-order valence-corrected chi connectivity index (χ1v) is 5.31. The zero-order valence-corrected chi connectivity index (χ0v) is 9.31. The van der Waals surface area contributed by atoms with Gasteiger partial charge < -0.3 is 0 Å². The molecule has 0 saturated carbocycles. The molecule has 0 bridgehead atoms. The second kappa shape index (κ2) is 3.68. The van der Waals surface area contributed by atoms with E-state index in [1.807, 2.05) is 0 Å². The van der Waals surface area contributed by atoms with Crippen LogP contribution in [-0.4, -0.2) is 10.7 Å². The summed E-state index contributed by atoms with van der Waals surface area (Å²) < 4.78 is 26.5. The number of ketones is 1. The summed E-state index contributed by atoms with van der Waals surface area (Å²) in [4.78, 5) is 22.2. The first-order chi connectivity index (χ1) is 8.99. The lowest BCUT2D eigenvalue weighted by atomic mass is 10.0. The molecule has 94 valence electrons. The van der Waals surface area contributed by atoms with Gasteiger partial charge in [-0.05, 0) is 18.2 Å². The number of hydrogen-bond acceptors (Lipinski definition) is 3. The number of nitro benzene ring substituents is 1. The van der Waals surface area contributed by atoms with E-state index in [0.29, 0.717) is 0 Å². The highest BCUT2D eigenvalue weighted by molar-refractivity contribution is 6.23. The SMILES string of the molecule is O=C1c2cc(F)ccc2-c2c1cc(F)cc2[N+](=O)[O-].